The van der Waals surface area contributed by atoms with Gasteiger partial charge < -0.3 is 21.3 Å². The van der Waals surface area contributed by atoms with Gasteiger partial charge in [0.2, 0.25) is 5.91 Å². The van der Waals surface area contributed by atoms with Crippen LogP contribution >= 0.6 is 11.8 Å². The summed E-state index contributed by atoms with van der Waals surface area (Å²) in [6.07, 6.45) is 9.98. The van der Waals surface area contributed by atoms with Crippen molar-refractivity contribution < 1.29 is 14.4 Å². The number of hydrogen-bond acceptors (Lipinski definition) is 6. The Kier molecular flexibility index (Phi) is 6.25. The second-order valence-corrected chi connectivity index (χ2v) is 11.5. The molecule has 3 unspecified atom stereocenters. The van der Waals surface area contributed by atoms with Crippen LogP contribution in [0.5, 0.6) is 0 Å². The van der Waals surface area contributed by atoms with E-state index in [-0.39, 0.29) is 47.3 Å². The molecule has 0 radical (unpaired) electrons. The van der Waals surface area contributed by atoms with Crippen LogP contribution in [0.1, 0.15) is 56.6 Å². The van der Waals surface area contributed by atoms with E-state index in [1.165, 1.54) is 24.3 Å². The Labute approximate surface area is 214 Å². The molecule has 3 aliphatic heterocycles. The summed E-state index contributed by atoms with van der Waals surface area (Å²) in [7, 11) is 0. The van der Waals surface area contributed by atoms with Crippen LogP contribution in [0.2, 0.25) is 0 Å². The van der Waals surface area contributed by atoms with Crippen LogP contribution in [-0.4, -0.2) is 52.9 Å². The Hall–Kier alpha value is -2.85. The van der Waals surface area contributed by atoms with Crippen LogP contribution in [0.25, 0.3) is 0 Å². The van der Waals surface area contributed by atoms with Gasteiger partial charge in [0, 0.05) is 47.2 Å². The predicted molar refractivity (Wildman–Crippen MR) is 138 cm³/mol. The van der Waals surface area contributed by atoms with E-state index in [0.29, 0.717) is 10.8 Å². The number of carbonyl (C=O) groups excluding carboxylic acids is 3. The third-order valence-electron chi connectivity index (χ3n) is 8.26. The minimum Gasteiger partial charge on any atom is -0.348 e. The molecule has 9 nitrogen and oxygen atoms in total. The molecular formula is C26H32N6O3S. The van der Waals surface area contributed by atoms with Gasteiger partial charge in [0.15, 0.2) is 0 Å². The van der Waals surface area contributed by atoms with Crippen molar-refractivity contribution in [2.45, 2.75) is 74.4 Å². The number of piperidine rings is 1. The Morgan fingerprint density at radius 2 is 1.92 bits per heavy atom. The molecule has 10 heteroatoms. The van der Waals surface area contributed by atoms with E-state index in [9.17, 15) is 14.4 Å². The average molecular weight is 509 g/mol. The summed E-state index contributed by atoms with van der Waals surface area (Å²) >= 11 is 1.50. The van der Waals surface area contributed by atoms with Crippen molar-refractivity contribution in [3.8, 4) is 0 Å². The maximum Gasteiger partial charge on any atom is 0.326 e. The summed E-state index contributed by atoms with van der Waals surface area (Å²) in [4.78, 5) is 45.7. The molecule has 2 saturated carbocycles. The average Bonchev–Trinajstić information content (AvgIpc) is 3.43. The topological polar surface area (TPSA) is 115 Å². The fourth-order valence-corrected chi connectivity index (χ4v) is 7.62. The molecule has 4 N–H and O–H groups in total. The van der Waals surface area contributed by atoms with E-state index in [0.717, 1.165) is 62.1 Å². The second kappa shape index (κ2) is 9.55. The Balaban J connectivity index is 1.24. The Morgan fingerprint density at radius 1 is 1.14 bits per heavy atom. The first-order chi connectivity index (χ1) is 17.5. The number of pyridine rings is 1. The number of aromatic nitrogens is 1. The summed E-state index contributed by atoms with van der Waals surface area (Å²) in [5.41, 5.74) is 2.66. The van der Waals surface area contributed by atoms with E-state index in [2.05, 4.69) is 38.9 Å². The van der Waals surface area contributed by atoms with Crippen molar-refractivity contribution >= 4 is 35.3 Å². The zero-order valence-corrected chi connectivity index (χ0v) is 21.0. The van der Waals surface area contributed by atoms with Crippen LogP contribution < -0.4 is 26.2 Å². The van der Waals surface area contributed by atoms with E-state index in [4.69, 9.17) is 0 Å². The molecule has 4 heterocycles. The molecule has 1 aromatic rings. The highest BCUT2D eigenvalue weighted by Crippen LogP contribution is 2.48. The van der Waals surface area contributed by atoms with Gasteiger partial charge >= 0.3 is 6.03 Å². The molecule has 36 heavy (non-hydrogen) atoms. The standard InChI is InChI=1S/C26H32N6O3S/c1-2-20(33)29-16-7-4-8-17(16)30-24(34)23-22-21-19(10-12-28-25(21)36-23)32(26(35)31-22)15-9-11-27-18(13-15)14-5-3-6-14/h2,9,11,13-14,16-17,19,21,25,28H,1,3-8,10,12H2,(H,29,33)(H,30,34)(H,31,35)/t16-,17+,19?,21?,25?/m0/s1. The molecule has 5 aliphatic rings. The maximum atomic E-state index is 13.5. The molecule has 0 spiro atoms. The predicted octanol–water partition coefficient (Wildman–Crippen LogP) is 2.48. The van der Waals surface area contributed by atoms with Crippen LogP contribution in [0, 0.1) is 5.92 Å². The van der Waals surface area contributed by atoms with Gasteiger partial charge in [-0.1, -0.05) is 24.8 Å². The number of urea groups is 1. The molecule has 0 bridgehead atoms. The van der Waals surface area contributed by atoms with Crippen molar-refractivity contribution in [1.82, 2.24) is 26.3 Å². The van der Waals surface area contributed by atoms with Gasteiger partial charge in [0.25, 0.3) is 5.91 Å². The largest absolute Gasteiger partial charge is 0.348 e. The lowest BCUT2D eigenvalue weighted by Gasteiger charge is -2.46. The molecule has 2 saturated heterocycles. The van der Waals surface area contributed by atoms with Gasteiger partial charge in [-0.15, -0.1) is 0 Å². The number of thioether (sulfide) groups is 1. The van der Waals surface area contributed by atoms with Crippen LogP contribution in [0.15, 0.2) is 41.6 Å². The molecule has 190 valence electrons. The Morgan fingerprint density at radius 3 is 2.67 bits per heavy atom. The Bertz CT molecular complexity index is 1130. The lowest BCUT2D eigenvalue weighted by Crippen LogP contribution is -2.62. The summed E-state index contributed by atoms with van der Waals surface area (Å²) in [5.74, 6) is 0.0803. The quantitative estimate of drug-likeness (QED) is 0.439. The van der Waals surface area contributed by atoms with Crippen molar-refractivity contribution in [2.24, 2.45) is 5.92 Å². The number of nitrogens with one attached hydrogen (secondary N) is 4. The third kappa shape index (κ3) is 4.10. The van der Waals surface area contributed by atoms with Crippen LogP contribution in [0.3, 0.4) is 0 Å². The third-order valence-corrected chi connectivity index (χ3v) is 9.61. The van der Waals surface area contributed by atoms with Crippen LogP contribution in [0.4, 0.5) is 10.5 Å². The highest BCUT2D eigenvalue weighted by molar-refractivity contribution is 8.04. The summed E-state index contributed by atoms with van der Waals surface area (Å²) in [5, 5.41) is 12.7. The van der Waals surface area contributed by atoms with E-state index < -0.39 is 0 Å². The van der Waals surface area contributed by atoms with E-state index in [1.807, 2.05) is 17.2 Å². The SMILES string of the molecule is C=CC(=O)N[C@H]1CCC[C@H]1NC(=O)C1=C2NC(=O)N(c3ccnc(C4CCC4)c3)C3CCNC(S1)C23. The monoisotopic (exact) mass is 508 g/mol. The molecule has 1 aromatic heterocycles. The first-order valence-corrected chi connectivity index (χ1v) is 13.9. The van der Waals surface area contributed by atoms with E-state index >= 15 is 0 Å². The summed E-state index contributed by atoms with van der Waals surface area (Å²) in [6, 6.07) is 3.52. The second-order valence-electron chi connectivity index (χ2n) is 10.3. The highest BCUT2D eigenvalue weighted by atomic mass is 32.2. The van der Waals surface area contributed by atoms with Gasteiger partial charge in [-0.25, -0.2) is 4.79 Å². The molecule has 4 fully saturated rings. The van der Waals surface area contributed by atoms with Crippen molar-refractivity contribution in [3.05, 3.63) is 47.3 Å². The van der Waals surface area contributed by atoms with Crippen molar-refractivity contribution in [2.75, 3.05) is 11.4 Å². The maximum absolute atomic E-state index is 13.5. The van der Waals surface area contributed by atoms with Gasteiger partial charge in [-0.3, -0.25) is 19.5 Å². The van der Waals surface area contributed by atoms with Crippen molar-refractivity contribution in [3.63, 3.8) is 0 Å². The fraction of sp³-hybridized carbons (Fsp3) is 0.538. The minimum atomic E-state index is -0.229. The minimum absolute atomic E-state index is 0.00219. The molecule has 5 atom stereocenters. The molecule has 0 aromatic carbocycles. The molecule has 4 amide bonds. The number of anilines is 1. The highest BCUT2D eigenvalue weighted by Gasteiger charge is 2.52. The number of amides is 4. The normalized spacial score (nSPS) is 31.4. The zero-order valence-electron chi connectivity index (χ0n) is 20.2. The fourth-order valence-electron chi connectivity index (χ4n) is 6.22. The van der Waals surface area contributed by atoms with Crippen LogP contribution in [-0.2, 0) is 9.59 Å². The first kappa shape index (κ1) is 23.5. The van der Waals surface area contributed by atoms with Gasteiger partial charge in [-0.2, -0.15) is 0 Å². The molecule has 6 rings (SSSR count). The summed E-state index contributed by atoms with van der Waals surface area (Å²) < 4.78 is 0. The first-order valence-electron chi connectivity index (χ1n) is 13.0. The number of rotatable bonds is 6. The smallest absolute Gasteiger partial charge is 0.326 e. The lowest BCUT2D eigenvalue weighted by atomic mass is 9.82. The molecule has 2 aliphatic carbocycles. The zero-order chi connectivity index (χ0) is 24.8. The molecular weight excluding hydrogens is 476 g/mol. The lowest BCUT2D eigenvalue weighted by molar-refractivity contribution is -0.119. The van der Waals surface area contributed by atoms with Crippen molar-refractivity contribution in [1.29, 1.82) is 0 Å². The van der Waals surface area contributed by atoms with Gasteiger partial charge in [0.1, 0.15) is 0 Å². The number of carbonyl (C=O) groups is 3. The van der Waals surface area contributed by atoms with E-state index in [1.54, 1.807) is 0 Å². The van der Waals surface area contributed by atoms with Gasteiger partial charge in [0.05, 0.1) is 16.3 Å². The van der Waals surface area contributed by atoms with Gasteiger partial charge in [-0.05, 0) is 63.3 Å². The number of hydrogen-bond donors (Lipinski definition) is 4. The summed E-state index contributed by atoms with van der Waals surface area (Å²) in [6.45, 7) is 4.30. The number of nitrogens with zero attached hydrogens (tertiary/aromatic N) is 2.